The van der Waals surface area contributed by atoms with Crippen LogP contribution in [0.2, 0.25) is 0 Å². The number of halogens is 1. The van der Waals surface area contributed by atoms with Gasteiger partial charge in [-0.05, 0) is 48.4 Å². The number of aryl methyl sites for hydroxylation is 1. The van der Waals surface area contributed by atoms with Crippen molar-refractivity contribution in [3.05, 3.63) is 47.8 Å². The molecule has 7 heteroatoms. The Kier molecular flexibility index (Phi) is 6.54. The summed E-state index contributed by atoms with van der Waals surface area (Å²) in [5, 5.41) is 5.07. The summed E-state index contributed by atoms with van der Waals surface area (Å²) in [6.45, 7) is 1.35. The Morgan fingerprint density at radius 2 is 1.81 bits per heavy atom. The van der Waals surface area contributed by atoms with Crippen LogP contribution in [-0.2, 0) is 16.0 Å². The minimum absolute atomic E-state index is 0.0128. The maximum Gasteiger partial charge on any atom is 0.224 e. The summed E-state index contributed by atoms with van der Waals surface area (Å²) in [6.07, 6.45) is 0.534. The van der Waals surface area contributed by atoms with Gasteiger partial charge in [-0.25, -0.2) is 4.39 Å². The maximum atomic E-state index is 13.9. The molecule has 0 spiro atoms. The highest BCUT2D eigenvalue weighted by atomic mass is 19.1. The van der Waals surface area contributed by atoms with Gasteiger partial charge in [-0.2, -0.15) is 0 Å². The number of anilines is 2. The van der Waals surface area contributed by atoms with Crippen LogP contribution in [0.25, 0.3) is 0 Å². The second-order valence-electron chi connectivity index (χ2n) is 5.60. The van der Waals surface area contributed by atoms with Crippen LogP contribution in [0.1, 0.15) is 18.9 Å². The summed E-state index contributed by atoms with van der Waals surface area (Å²) in [4.78, 5) is 23.3. The number of nitrogens with one attached hydrogen (secondary N) is 2. The molecule has 0 aliphatic rings. The summed E-state index contributed by atoms with van der Waals surface area (Å²) >= 11 is 0. The Bertz CT molecular complexity index is 808. The molecule has 2 aromatic carbocycles. The molecule has 0 aromatic heterocycles. The molecule has 0 atom stereocenters. The molecular formula is C19H21FN2O4. The molecule has 0 heterocycles. The molecule has 0 bridgehead atoms. The lowest BCUT2D eigenvalue weighted by molar-refractivity contribution is -0.116. The van der Waals surface area contributed by atoms with Crippen molar-refractivity contribution in [2.75, 3.05) is 24.9 Å². The first-order valence-corrected chi connectivity index (χ1v) is 8.01. The fourth-order valence-electron chi connectivity index (χ4n) is 2.44. The van der Waals surface area contributed by atoms with E-state index < -0.39 is 5.82 Å². The molecule has 2 N–H and O–H groups in total. The SMILES string of the molecule is COc1ccc(OC)c(CCC(=O)Nc2cc(NC(C)=O)ccc2F)c1. The van der Waals surface area contributed by atoms with Crippen LogP contribution >= 0.6 is 0 Å². The predicted molar refractivity (Wildman–Crippen MR) is 97.2 cm³/mol. The summed E-state index contributed by atoms with van der Waals surface area (Å²) < 4.78 is 24.3. The van der Waals surface area contributed by atoms with Gasteiger partial charge in [0.25, 0.3) is 0 Å². The highest BCUT2D eigenvalue weighted by Gasteiger charge is 2.11. The summed E-state index contributed by atoms with van der Waals surface area (Å²) in [5.41, 5.74) is 1.23. The predicted octanol–water partition coefficient (Wildman–Crippen LogP) is 3.37. The van der Waals surface area contributed by atoms with E-state index in [2.05, 4.69) is 10.6 Å². The Morgan fingerprint density at radius 1 is 1.04 bits per heavy atom. The van der Waals surface area contributed by atoms with E-state index in [1.807, 2.05) is 0 Å². The van der Waals surface area contributed by atoms with Crippen LogP contribution in [0.15, 0.2) is 36.4 Å². The van der Waals surface area contributed by atoms with Gasteiger partial charge < -0.3 is 20.1 Å². The average molecular weight is 360 g/mol. The molecule has 0 radical (unpaired) electrons. The van der Waals surface area contributed by atoms with Gasteiger partial charge in [-0.3, -0.25) is 9.59 Å². The van der Waals surface area contributed by atoms with Crippen molar-refractivity contribution in [2.45, 2.75) is 19.8 Å². The number of rotatable bonds is 7. The number of ether oxygens (including phenoxy) is 2. The van der Waals surface area contributed by atoms with Crippen molar-refractivity contribution < 1.29 is 23.5 Å². The zero-order valence-electron chi connectivity index (χ0n) is 14.9. The van der Waals surface area contributed by atoms with Crippen molar-refractivity contribution in [3.8, 4) is 11.5 Å². The number of hydrogen-bond acceptors (Lipinski definition) is 4. The standard InChI is InChI=1S/C19H21FN2O4/c1-12(23)21-14-5-7-16(20)17(11-14)22-19(24)9-4-13-10-15(25-2)6-8-18(13)26-3/h5-8,10-11H,4,9H2,1-3H3,(H,21,23)(H,22,24). The van der Waals surface area contributed by atoms with Crippen LogP contribution in [-0.4, -0.2) is 26.0 Å². The smallest absolute Gasteiger partial charge is 0.224 e. The second-order valence-corrected chi connectivity index (χ2v) is 5.60. The van der Waals surface area contributed by atoms with Gasteiger partial charge in [0.1, 0.15) is 17.3 Å². The van der Waals surface area contributed by atoms with Crippen LogP contribution in [0.3, 0.4) is 0 Å². The third-order valence-corrected chi connectivity index (χ3v) is 3.67. The topological polar surface area (TPSA) is 76.7 Å². The van der Waals surface area contributed by atoms with Gasteiger partial charge in [0.2, 0.25) is 11.8 Å². The first-order chi connectivity index (χ1) is 12.4. The van der Waals surface area contributed by atoms with Gasteiger partial charge in [0.15, 0.2) is 0 Å². The molecule has 0 saturated carbocycles. The zero-order valence-corrected chi connectivity index (χ0v) is 14.9. The van der Waals surface area contributed by atoms with Crippen molar-refractivity contribution in [2.24, 2.45) is 0 Å². The largest absolute Gasteiger partial charge is 0.497 e. The fraction of sp³-hybridized carbons (Fsp3) is 0.263. The molecule has 2 amide bonds. The van der Waals surface area contributed by atoms with E-state index in [4.69, 9.17) is 9.47 Å². The minimum atomic E-state index is -0.577. The van der Waals surface area contributed by atoms with Crippen LogP contribution in [0, 0.1) is 5.82 Å². The molecule has 0 fully saturated rings. The monoisotopic (exact) mass is 360 g/mol. The third kappa shape index (κ3) is 5.20. The fourth-order valence-corrected chi connectivity index (χ4v) is 2.44. The lowest BCUT2D eigenvalue weighted by Crippen LogP contribution is -2.14. The number of carbonyl (C=O) groups excluding carboxylic acids is 2. The minimum Gasteiger partial charge on any atom is -0.497 e. The van der Waals surface area contributed by atoms with E-state index in [0.717, 1.165) is 5.56 Å². The third-order valence-electron chi connectivity index (χ3n) is 3.67. The van der Waals surface area contributed by atoms with E-state index in [1.54, 1.807) is 32.4 Å². The summed E-state index contributed by atoms with van der Waals surface area (Å²) in [6, 6.07) is 9.32. The van der Waals surface area contributed by atoms with Gasteiger partial charge >= 0.3 is 0 Å². The number of methoxy groups -OCH3 is 2. The number of amides is 2. The Hall–Kier alpha value is -3.09. The van der Waals surface area contributed by atoms with E-state index in [0.29, 0.717) is 23.6 Å². The Morgan fingerprint density at radius 3 is 2.46 bits per heavy atom. The highest BCUT2D eigenvalue weighted by Crippen LogP contribution is 2.25. The van der Waals surface area contributed by atoms with Crippen LogP contribution < -0.4 is 20.1 Å². The molecule has 0 saturated heterocycles. The highest BCUT2D eigenvalue weighted by molar-refractivity contribution is 5.93. The molecule has 0 unspecified atom stereocenters. The van der Waals surface area contributed by atoms with Gasteiger partial charge in [0.05, 0.1) is 19.9 Å². The van der Waals surface area contributed by atoms with E-state index >= 15 is 0 Å². The Labute approximate surface area is 151 Å². The molecule has 2 rings (SSSR count). The molecule has 138 valence electrons. The Balaban J connectivity index is 2.04. The first kappa shape index (κ1) is 19.2. The molecule has 0 aliphatic carbocycles. The van der Waals surface area contributed by atoms with Gasteiger partial charge in [0, 0.05) is 19.0 Å². The molecule has 2 aromatic rings. The van der Waals surface area contributed by atoms with Crippen molar-refractivity contribution in [1.29, 1.82) is 0 Å². The van der Waals surface area contributed by atoms with E-state index in [-0.39, 0.29) is 23.9 Å². The number of benzene rings is 2. The zero-order chi connectivity index (χ0) is 19.1. The van der Waals surface area contributed by atoms with Crippen molar-refractivity contribution in [1.82, 2.24) is 0 Å². The molecule has 26 heavy (non-hydrogen) atoms. The molecule has 0 aliphatic heterocycles. The number of carbonyl (C=O) groups is 2. The quantitative estimate of drug-likeness (QED) is 0.794. The summed E-state index contributed by atoms with van der Waals surface area (Å²) in [7, 11) is 3.11. The van der Waals surface area contributed by atoms with Crippen LogP contribution in [0.5, 0.6) is 11.5 Å². The maximum absolute atomic E-state index is 13.9. The average Bonchev–Trinajstić information content (AvgIpc) is 2.62. The van der Waals surface area contributed by atoms with Gasteiger partial charge in [-0.15, -0.1) is 0 Å². The normalized spacial score (nSPS) is 10.2. The lowest BCUT2D eigenvalue weighted by atomic mass is 10.1. The van der Waals surface area contributed by atoms with Crippen LogP contribution in [0.4, 0.5) is 15.8 Å². The second kappa shape index (κ2) is 8.84. The molecule has 6 nitrogen and oxygen atoms in total. The molecular weight excluding hydrogens is 339 g/mol. The first-order valence-electron chi connectivity index (χ1n) is 8.01. The van der Waals surface area contributed by atoms with E-state index in [1.165, 1.54) is 25.1 Å². The van der Waals surface area contributed by atoms with E-state index in [9.17, 15) is 14.0 Å². The lowest BCUT2D eigenvalue weighted by Gasteiger charge is -2.11. The van der Waals surface area contributed by atoms with Crippen molar-refractivity contribution >= 4 is 23.2 Å². The number of hydrogen-bond donors (Lipinski definition) is 2. The van der Waals surface area contributed by atoms with Gasteiger partial charge in [-0.1, -0.05) is 0 Å². The van der Waals surface area contributed by atoms with Crippen molar-refractivity contribution in [3.63, 3.8) is 0 Å². The summed E-state index contributed by atoms with van der Waals surface area (Å²) in [5.74, 6) is 0.104.